The van der Waals surface area contributed by atoms with Crippen molar-refractivity contribution in [3.05, 3.63) is 76.5 Å². The molecule has 0 radical (unpaired) electrons. The molecule has 1 saturated heterocycles. The predicted octanol–water partition coefficient (Wildman–Crippen LogP) is 3.55. The number of hydrogen-bond acceptors (Lipinski definition) is 5. The van der Waals surface area contributed by atoms with Crippen LogP contribution >= 0.6 is 0 Å². The number of nitrogens with zero attached hydrogens (tertiary/aromatic N) is 2. The van der Waals surface area contributed by atoms with Gasteiger partial charge in [-0.3, -0.25) is 4.90 Å². The molecule has 0 unspecified atom stereocenters. The molecule has 7 heteroatoms. The predicted molar refractivity (Wildman–Crippen MR) is 134 cm³/mol. The van der Waals surface area contributed by atoms with Gasteiger partial charge in [-0.05, 0) is 43.0 Å². The Labute approximate surface area is 201 Å². The number of piperazine rings is 1. The molecule has 2 N–H and O–H groups in total. The lowest BCUT2D eigenvalue weighted by Gasteiger charge is -2.38. The number of carbonyl (C=O) groups excluding carboxylic acids is 2. The number of nitrogens with one attached hydrogen (secondary N) is 2. The number of urea groups is 1. The highest BCUT2D eigenvalue weighted by Crippen LogP contribution is 2.29. The van der Waals surface area contributed by atoms with Gasteiger partial charge in [0.2, 0.25) is 0 Å². The molecule has 2 aromatic carbocycles. The van der Waals surface area contributed by atoms with Crippen LogP contribution in [0, 0.1) is 6.92 Å². The molecule has 0 bridgehead atoms. The normalized spacial score (nSPS) is 19.0. The van der Waals surface area contributed by atoms with E-state index in [-0.39, 0.29) is 12.6 Å². The molecule has 2 amide bonds. The summed E-state index contributed by atoms with van der Waals surface area (Å²) >= 11 is 0. The van der Waals surface area contributed by atoms with E-state index >= 15 is 0 Å². The Balaban J connectivity index is 1.56. The van der Waals surface area contributed by atoms with E-state index < -0.39 is 12.0 Å². The van der Waals surface area contributed by atoms with Crippen LogP contribution < -0.4 is 15.5 Å². The summed E-state index contributed by atoms with van der Waals surface area (Å²) in [5.74, 6) is -0.395. The van der Waals surface area contributed by atoms with Gasteiger partial charge in [0.1, 0.15) is 0 Å². The Bertz CT molecular complexity index is 1060. The minimum absolute atomic E-state index is 0.278. The fraction of sp³-hybridized carbons (Fsp3) is 0.407. The van der Waals surface area contributed by atoms with E-state index in [9.17, 15) is 9.59 Å². The number of carbonyl (C=O) groups is 2. The van der Waals surface area contributed by atoms with Crippen molar-refractivity contribution in [1.82, 2.24) is 15.5 Å². The second-order valence-electron chi connectivity index (χ2n) is 8.79. The van der Waals surface area contributed by atoms with Gasteiger partial charge in [0.15, 0.2) is 0 Å². The standard InChI is InChI=1S/C27H34N4O3/c1-4-20-10-12-21(13-11-20)25-24(26(32)34-5-2)22(28-27(33)29-25)18-30-14-16-31(17-15-30)23-9-7-6-8-19(23)3/h6-13,25H,4-5,14-18H2,1-3H3,(H2,28,29,33)/t25-/m0/s1. The van der Waals surface area contributed by atoms with Gasteiger partial charge in [-0.15, -0.1) is 0 Å². The largest absolute Gasteiger partial charge is 0.463 e. The maximum Gasteiger partial charge on any atom is 0.338 e. The number of esters is 1. The topological polar surface area (TPSA) is 73.9 Å². The third kappa shape index (κ3) is 5.25. The van der Waals surface area contributed by atoms with Crippen molar-refractivity contribution in [3.63, 3.8) is 0 Å². The highest BCUT2D eigenvalue weighted by atomic mass is 16.5. The number of anilines is 1. The first-order chi connectivity index (χ1) is 16.5. The lowest BCUT2D eigenvalue weighted by Crippen LogP contribution is -2.52. The van der Waals surface area contributed by atoms with Crippen molar-refractivity contribution in [2.75, 3.05) is 44.2 Å². The van der Waals surface area contributed by atoms with Crippen LogP contribution in [0.15, 0.2) is 59.8 Å². The molecular formula is C27H34N4O3. The molecule has 2 aliphatic rings. The van der Waals surface area contributed by atoms with Crippen LogP contribution in [-0.4, -0.2) is 56.2 Å². The molecule has 7 nitrogen and oxygen atoms in total. The molecule has 2 aromatic rings. The van der Waals surface area contributed by atoms with Gasteiger partial charge < -0.3 is 20.3 Å². The molecule has 2 aliphatic heterocycles. The lowest BCUT2D eigenvalue weighted by atomic mass is 9.94. The van der Waals surface area contributed by atoms with Crippen LogP contribution in [0.5, 0.6) is 0 Å². The second-order valence-corrected chi connectivity index (χ2v) is 8.79. The fourth-order valence-corrected chi connectivity index (χ4v) is 4.68. The van der Waals surface area contributed by atoms with E-state index in [1.165, 1.54) is 16.8 Å². The van der Waals surface area contributed by atoms with E-state index in [2.05, 4.69) is 58.5 Å². The SMILES string of the molecule is CCOC(=O)C1=C(CN2CCN(c3ccccc3C)CC2)NC(=O)N[C@H]1c1ccc(CC)cc1. The summed E-state index contributed by atoms with van der Waals surface area (Å²) in [6, 6.07) is 15.6. The van der Waals surface area contributed by atoms with Crippen LogP contribution in [0.25, 0.3) is 0 Å². The van der Waals surface area contributed by atoms with Crippen molar-refractivity contribution in [2.24, 2.45) is 0 Å². The molecule has 0 aliphatic carbocycles. The number of hydrogen-bond donors (Lipinski definition) is 2. The fourth-order valence-electron chi connectivity index (χ4n) is 4.68. The molecule has 34 heavy (non-hydrogen) atoms. The molecule has 0 spiro atoms. The smallest absolute Gasteiger partial charge is 0.338 e. The Morgan fingerprint density at radius 3 is 2.38 bits per heavy atom. The molecule has 2 heterocycles. The summed E-state index contributed by atoms with van der Waals surface area (Å²) in [5, 5.41) is 5.83. The van der Waals surface area contributed by atoms with E-state index in [0.29, 0.717) is 17.8 Å². The number of aryl methyl sites for hydroxylation is 2. The first-order valence-electron chi connectivity index (χ1n) is 12.1. The van der Waals surface area contributed by atoms with Gasteiger partial charge in [-0.2, -0.15) is 0 Å². The number of amides is 2. The summed E-state index contributed by atoms with van der Waals surface area (Å²) in [4.78, 5) is 30.3. The third-order valence-electron chi connectivity index (χ3n) is 6.58. The summed E-state index contributed by atoms with van der Waals surface area (Å²) in [5.41, 5.74) is 5.71. The highest BCUT2D eigenvalue weighted by Gasteiger charge is 2.34. The van der Waals surface area contributed by atoms with Crippen LogP contribution in [0.3, 0.4) is 0 Å². The minimum atomic E-state index is -0.540. The summed E-state index contributed by atoms with van der Waals surface area (Å²) in [6.45, 7) is 10.3. The van der Waals surface area contributed by atoms with E-state index in [0.717, 1.165) is 38.2 Å². The van der Waals surface area contributed by atoms with Gasteiger partial charge in [0.25, 0.3) is 0 Å². The minimum Gasteiger partial charge on any atom is -0.463 e. The molecule has 1 atom stereocenters. The van der Waals surface area contributed by atoms with Gasteiger partial charge in [0.05, 0.1) is 18.2 Å². The first kappa shape index (κ1) is 23.8. The zero-order chi connectivity index (χ0) is 24.1. The van der Waals surface area contributed by atoms with E-state index in [4.69, 9.17) is 4.74 Å². The Hall–Kier alpha value is -3.32. The Morgan fingerprint density at radius 2 is 1.74 bits per heavy atom. The van der Waals surface area contributed by atoms with Crippen molar-refractivity contribution >= 4 is 17.7 Å². The zero-order valence-electron chi connectivity index (χ0n) is 20.3. The molecule has 0 saturated carbocycles. The van der Waals surface area contributed by atoms with Gasteiger partial charge >= 0.3 is 12.0 Å². The number of ether oxygens (including phenoxy) is 1. The maximum atomic E-state index is 13.0. The molecule has 4 rings (SSSR count). The average molecular weight is 463 g/mol. The van der Waals surface area contributed by atoms with Crippen LogP contribution in [-0.2, 0) is 16.0 Å². The molecule has 1 fully saturated rings. The summed E-state index contributed by atoms with van der Waals surface area (Å²) in [7, 11) is 0. The summed E-state index contributed by atoms with van der Waals surface area (Å²) in [6.07, 6.45) is 0.930. The van der Waals surface area contributed by atoms with Crippen LogP contribution in [0.2, 0.25) is 0 Å². The van der Waals surface area contributed by atoms with Crippen molar-refractivity contribution in [2.45, 2.75) is 33.2 Å². The Kier molecular flexibility index (Phi) is 7.53. The van der Waals surface area contributed by atoms with Crippen molar-refractivity contribution < 1.29 is 14.3 Å². The third-order valence-corrected chi connectivity index (χ3v) is 6.58. The van der Waals surface area contributed by atoms with Crippen LogP contribution in [0.4, 0.5) is 10.5 Å². The molecular weight excluding hydrogens is 428 g/mol. The molecule has 180 valence electrons. The quantitative estimate of drug-likeness (QED) is 0.616. The zero-order valence-corrected chi connectivity index (χ0v) is 20.3. The molecule has 0 aromatic heterocycles. The lowest BCUT2D eigenvalue weighted by molar-refractivity contribution is -0.139. The first-order valence-corrected chi connectivity index (χ1v) is 12.1. The van der Waals surface area contributed by atoms with Crippen molar-refractivity contribution in [3.8, 4) is 0 Å². The van der Waals surface area contributed by atoms with Crippen molar-refractivity contribution in [1.29, 1.82) is 0 Å². The van der Waals surface area contributed by atoms with Crippen LogP contribution in [0.1, 0.15) is 36.6 Å². The number of rotatable bonds is 7. The highest BCUT2D eigenvalue weighted by molar-refractivity contribution is 5.95. The number of para-hydroxylation sites is 1. The second kappa shape index (κ2) is 10.7. The average Bonchev–Trinajstić information content (AvgIpc) is 2.85. The van der Waals surface area contributed by atoms with E-state index in [1.54, 1.807) is 6.92 Å². The monoisotopic (exact) mass is 462 g/mol. The van der Waals surface area contributed by atoms with Gasteiger partial charge in [-0.1, -0.05) is 49.4 Å². The maximum absolute atomic E-state index is 13.0. The Morgan fingerprint density at radius 1 is 1.03 bits per heavy atom. The summed E-state index contributed by atoms with van der Waals surface area (Å²) < 4.78 is 5.41. The number of benzene rings is 2. The van der Waals surface area contributed by atoms with Gasteiger partial charge in [-0.25, -0.2) is 9.59 Å². The van der Waals surface area contributed by atoms with E-state index in [1.807, 2.05) is 24.3 Å². The van der Waals surface area contributed by atoms with Gasteiger partial charge in [0, 0.05) is 44.1 Å².